The third-order valence-electron chi connectivity index (χ3n) is 5.70. The summed E-state index contributed by atoms with van der Waals surface area (Å²) in [6.07, 6.45) is 1.73. The fourth-order valence-corrected chi connectivity index (χ4v) is 4.25. The molecule has 1 saturated heterocycles. The summed E-state index contributed by atoms with van der Waals surface area (Å²) >= 11 is 6.26. The second-order valence-corrected chi connectivity index (χ2v) is 7.93. The van der Waals surface area contributed by atoms with Gasteiger partial charge in [0, 0.05) is 17.7 Å². The summed E-state index contributed by atoms with van der Waals surface area (Å²) in [5.74, 6) is -0.464. The average molecular weight is 414 g/mol. The highest BCUT2D eigenvalue weighted by Crippen LogP contribution is 2.45. The summed E-state index contributed by atoms with van der Waals surface area (Å²) < 4.78 is 6.03. The van der Waals surface area contributed by atoms with Crippen LogP contribution in [-0.2, 0) is 10.2 Å². The number of hydrogen-bond donors (Lipinski definition) is 2. The Bertz CT molecular complexity index is 1160. The first-order valence-electron chi connectivity index (χ1n) is 9.29. The smallest absolute Gasteiger partial charge is 0.197 e. The highest BCUT2D eigenvalue weighted by Gasteiger charge is 2.40. The molecule has 1 fully saturated rings. The predicted octanol–water partition coefficient (Wildman–Crippen LogP) is 3.69. The van der Waals surface area contributed by atoms with Crippen LogP contribution in [0.2, 0.25) is 5.02 Å². The number of halogens is 1. The van der Waals surface area contributed by atoms with Crippen molar-refractivity contribution in [3.05, 3.63) is 57.2 Å². The molecule has 0 amide bonds. The molecule has 29 heavy (non-hydrogen) atoms. The van der Waals surface area contributed by atoms with Gasteiger partial charge in [-0.3, -0.25) is 4.79 Å². The fraction of sp³-hybridized carbons (Fsp3) is 0.273. The van der Waals surface area contributed by atoms with Crippen LogP contribution in [0.4, 0.5) is 0 Å². The number of carbonyl (C=O) groups excluding carboxylic acids is 1. The van der Waals surface area contributed by atoms with Gasteiger partial charge in [-0.1, -0.05) is 23.7 Å². The normalized spacial score (nSPS) is 16.8. The van der Waals surface area contributed by atoms with Crippen LogP contribution in [0.15, 0.2) is 45.6 Å². The minimum absolute atomic E-state index is 0.0153. The molecule has 2 heterocycles. The number of carbonyl (C=O) groups is 1. The SMILES string of the molecule is CN1CCC(C=O)(c2c(O)cc(O)c3c(=O)cc(-c4ccccc4Cl)oc23)CC1. The molecule has 0 unspecified atom stereocenters. The molecule has 0 spiro atoms. The molecule has 0 aliphatic carbocycles. The van der Waals surface area contributed by atoms with E-state index in [1.807, 2.05) is 7.05 Å². The average Bonchev–Trinajstić information content (AvgIpc) is 2.69. The number of fused-ring (bicyclic) bond motifs is 1. The Labute approximate surface area is 171 Å². The second-order valence-electron chi connectivity index (χ2n) is 7.53. The van der Waals surface area contributed by atoms with Crippen LogP contribution in [0.25, 0.3) is 22.3 Å². The van der Waals surface area contributed by atoms with Crippen molar-refractivity contribution >= 4 is 28.9 Å². The Morgan fingerprint density at radius 1 is 1.14 bits per heavy atom. The van der Waals surface area contributed by atoms with E-state index < -0.39 is 16.6 Å². The lowest BCUT2D eigenvalue weighted by atomic mass is 9.73. The summed E-state index contributed by atoms with van der Waals surface area (Å²) in [5, 5.41) is 21.4. The Kier molecular flexibility index (Phi) is 4.84. The van der Waals surface area contributed by atoms with Crippen molar-refractivity contribution in [1.82, 2.24) is 4.90 Å². The number of aromatic hydroxyl groups is 2. The summed E-state index contributed by atoms with van der Waals surface area (Å²) in [5.41, 5.74) is -0.738. The van der Waals surface area contributed by atoms with E-state index >= 15 is 0 Å². The summed E-state index contributed by atoms with van der Waals surface area (Å²) in [7, 11) is 1.96. The minimum Gasteiger partial charge on any atom is -0.507 e. The molecule has 3 aromatic rings. The third kappa shape index (κ3) is 3.18. The van der Waals surface area contributed by atoms with Gasteiger partial charge in [0.15, 0.2) is 5.43 Å². The first-order chi connectivity index (χ1) is 13.9. The monoisotopic (exact) mass is 413 g/mol. The van der Waals surface area contributed by atoms with Crippen molar-refractivity contribution in [3.8, 4) is 22.8 Å². The van der Waals surface area contributed by atoms with Gasteiger partial charge in [0.2, 0.25) is 0 Å². The Balaban J connectivity index is 2.06. The fourth-order valence-electron chi connectivity index (χ4n) is 4.02. The molecule has 0 bridgehead atoms. The van der Waals surface area contributed by atoms with E-state index in [-0.39, 0.29) is 28.0 Å². The molecule has 4 rings (SSSR count). The van der Waals surface area contributed by atoms with E-state index in [0.29, 0.717) is 36.5 Å². The lowest BCUT2D eigenvalue weighted by Crippen LogP contribution is -2.42. The molecule has 7 heteroatoms. The number of phenolic OH excluding ortho intramolecular Hbond substituents is 2. The number of hydrogen-bond acceptors (Lipinski definition) is 6. The van der Waals surface area contributed by atoms with E-state index in [1.54, 1.807) is 24.3 Å². The molecule has 1 aromatic heterocycles. The van der Waals surface area contributed by atoms with Gasteiger partial charge < -0.3 is 24.3 Å². The molecule has 1 aliphatic heterocycles. The molecular weight excluding hydrogens is 394 g/mol. The Morgan fingerprint density at radius 3 is 2.48 bits per heavy atom. The van der Waals surface area contributed by atoms with E-state index in [0.717, 1.165) is 12.4 Å². The van der Waals surface area contributed by atoms with Gasteiger partial charge in [-0.2, -0.15) is 0 Å². The molecule has 0 atom stereocenters. The van der Waals surface area contributed by atoms with Crippen molar-refractivity contribution < 1.29 is 19.4 Å². The molecule has 6 nitrogen and oxygen atoms in total. The standard InChI is InChI=1S/C22H20ClNO5/c1-24-8-6-22(12-25,7-9-24)20-17(28)10-15(26)19-16(27)11-18(29-21(19)20)13-4-2-3-5-14(13)23/h2-5,10-12,26,28H,6-9H2,1H3. The lowest BCUT2D eigenvalue weighted by molar-refractivity contribution is -0.114. The summed E-state index contributed by atoms with van der Waals surface area (Å²) in [6, 6.07) is 9.26. The minimum atomic E-state index is -1.02. The van der Waals surface area contributed by atoms with Crippen LogP contribution in [-0.4, -0.2) is 41.5 Å². The number of piperidine rings is 1. The van der Waals surface area contributed by atoms with E-state index in [2.05, 4.69) is 4.90 Å². The molecule has 1 aliphatic rings. The van der Waals surface area contributed by atoms with E-state index in [9.17, 15) is 19.8 Å². The summed E-state index contributed by atoms with van der Waals surface area (Å²) in [4.78, 5) is 27.2. The maximum atomic E-state index is 12.9. The number of likely N-dealkylation sites (tertiary alicyclic amines) is 1. The number of nitrogens with zero attached hydrogens (tertiary/aromatic N) is 1. The van der Waals surface area contributed by atoms with Gasteiger partial charge in [-0.15, -0.1) is 0 Å². The van der Waals surface area contributed by atoms with E-state index in [4.69, 9.17) is 16.0 Å². The highest BCUT2D eigenvalue weighted by atomic mass is 35.5. The summed E-state index contributed by atoms with van der Waals surface area (Å²) in [6.45, 7) is 1.30. The molecule has 2 aromatic carbocycles. The maximum Gasteiger partial charge on any atom is 0.197 e. The first kappa shape index (κ1) is 19.5. The van der Waals surface area contributed by atoms with Gasteiger partial charge in [0.25, 0.3) is 0 Å². The van der Waals surface area contributed by atoms with Gasteiger partial charge in [-0.05, 0) is 45.1 Å². The molecule has 2 N–H and O–H groups in total. The van der Waals surface area contributed by atoms with Crippen molar-refractivity contribution in [2.45, 2.75) is 18.3 Å². The Morgan fingerprint density at radius 2 is 1.83 bits per heavy atom. The first-order valence-corrected chi connectivity index (χ1v) is 9.67. The van der Waals surface area contributed by atoms with Crippen molar-refractivity contribution in [3.63, 3.8) is 0 Å². The van der Waals surface area contributed by atoms with Crippen LogP contribution in [0.5, 0.6) is 11.5 Å². The topological polar surface area (TPSA) is 91.0 Å². The van der Waals surface area contributed by atoms with Gasteiger partial charge >= 0.3 is 0 Å². The largest absolute Gasteiger partial charge is 0.507 e. The zero-order valence-corrected chi connectivity index (χ0v) is 16.6. The Hall–Kier alpha value is -2.83. The van der Waals surface area contributed by atoms with Crippen molar-refractivity contribution in [2.75, 3.05) is 20.1 Å². The second kappa shape index (κ2) is 7.21. The molecule has 150 valence electrons. The molecule has 0 saturated carbocycles. The number of benzene rings is 2. The highest BCUT2D eigenvalue weighted by molar-refractivity contribution is 6.33. The van der Waals surface area contributed by atoms with E-state index in [1.165, 1.54) is 6.07 Å². The zero-order chi connectivity index (χ0) is 20.8. The zero-order valence-electron chi connectivity index (χ0n) is 15.8. The van der Waals surface area contributed by atoms with Gasteiger partial charge in [0.1, 0.15) is 34.5 Å². The van der Waals surface area contributed by atoms with Crippen LogP contribution in [0.1, 0.15) is 18.4 Å². The maximum absolute atomic E-state index is 12.9. The quantitative estimate of drug-likeness (QED) is 0.636. The number of rotatable bonds is 3. The number of phenols is 2. The predicted molar refractivity (Wildman–Crippen MR) is 111 cm³/mol. The molecule has 0 radical (unpaired) electrons. The number of aldehydes is 1. The van der Waals surface area contributed by atoms with Crippen LogP contribution >= 0.6 is 11.6 Å². The van der Waals surface area contributed by atoms with Crippen molar-refractivity contribution in [1.29, 1.82) is 0 Å². The van der Waals surface area contributed by atoms with Crippen LogP contribution in [0.3, 0.4) is 0 Å². The van der Waals surface area contributed by atoms with Crippen molar-refractivity contribution in [2.24, 2.45) is 0 Å². The van der Waals surface area contributed by atoms with Gasteiger partial charge in [0.05, 0.1) is 16.0 Å². The molecular formula is C22H20ClNO5. The lowest BCUT2D eigenvalue weighted by Gasteiger charge is -2.37. The van der Waals surface area contributed by atoms with Crippen LogP contribution < -0.4 is 5.43 Å². The third-order valence-corrected chi connectivity index (χ3v) is 6.03. The van der Waals surface area contributed by atoms with Gasteiger partial charge in [-0.25, -0.2) is 0 Å². The van der Waals surface area contributed by atoms with Crippen LogP contribution in [0, 0.1) is 0 Å².